The number of ether oxygens (including phenoxy) is 3. The average Bonchev–Trinajstić information content (AvgIpc) is 3.25. The van der Waals surface area contributed by atoms with Crippen molar-refractivity contribution in [2.24, 2.45) is 0 Å². The van der Waals surface area contributed by atoms with E-state index in [0.29, 0.717) is 41.2 Å². The molecule has 6 N–H and O–H groups in total. The fraction of sp³-hybridized carbons (Fsp3) is 0.375. The van der Waals surface area contributed by atoms with Gasteiger partial charge in [-0.15, -0.1) is 0 Å². The summed E-state index contributed by atoms with van der Waals surface area (Å²) in [6.07, 6.45) is 2.38. The monoisotopic (exact) mass is 498 g/mol. The van der Waals surface area contributed by atoms with E-state index in [0.717, 1.165) is 5.56 Å². The number of benzene rings is 1. The number of amides is 1. The SMILES string of the molecule is CCOC(=O)CC[C@H](NC(=O)c1ccc(OCCc2c[nH]c3nc(N)nc(N)c23)cc1)C(=O)OCC. The maximum Gasteiger partial charge on any atom is 0.328 e. The van der Waals surface area contributed by atoms with Crippen molar-refractivity contribution < 1.29 is 28.6 Å². The van der Waals surface area contributed by atoms with E-state index in [1.54, 1.807) is 44.3 Å². The van der Waals surface area contributed by atoms with Crippen molar-refractivity contribution in [1.82, 2.24) is 20.3 Å². The molecule has 12 nitrogen and oxygen atoms in total. The molecule has 12 heteroatoms. The second-order valence-electron chi connectivity index (χ2n) is 7.75. The highest BCUT2D eigenvalue weighted by atomic mass is 16.5. The normalized spacial score (nSPS) is 11.6. The van der Waals surface area contributed by atoms with E-state index in [2.05, 4.69) is 20.3 Å². The molecule has 192 valence electrons. The van der Waals surface area contributed by atoms with Crippen molar-refractivity contribution in [3.05, 3.63) is 41.6 Å². The summed E-state index contributed by atoms with van der Waals surface area (Å²) in [6.45, 7) is 4.10. The number of nitrogens with two attached hydrogens (primary N) is 2. The van der Waals surface area contributed by atoms with Crippen molar-refractivity contribution in [2.45, 2.75) is 39.2 Å². The minimum Gasteiger partial charge on any atom is -0.493 e. The minimum absolute atomic E-state index is 0.0219. The lowest BCUT2D eigenvalue weighted by Gasteiger charge is -2.17. The van der Waals surface area contributed by atoms with Crippen LogP contribution in [0.15, 0.2) is 30.5 Å². The molecule has 1 aromatic carbocycles. The Kier molecular flexibility index (Phi) is 9.03. The van der Waals surface area contributed by atoms with E-state index in [9.17, 15) is 14.4 Å². The molecule has 0 unspecified atom stereocenters. The molecule has 1 amide bonds. The molecule has 3 rings (SSSR count). The molecule has 0 fully saturated rings. The first-order valence-electron chi connectivity index (χ1n) is 11.6. The van der Waals surface area contributed by atoms with Crippen molar-refractivity contribution in [3.63, 3.8) is 0 Å². The third kappa shape index (κ3) is 6.84. The Morgan fingerprint density at radius 3 is 2.47 bits per heavy atom. The van der Waals surface area contributed by atoms with Crippen LogP contribution in [-0.2, 0) is 25.5 Å². The summed E-state index contributed by atoms with van der Waals surface area (Å²) in [4.78, 5) is 47.7. The predicted molar refractivity (Wildman–Crippen MR) is 132 cm³/mol. The molecule has 0 aliphatic carbocycles. The van der Waals surface area contributed by atoms with Gasteiger partial charge in [0.1, 0.15) is 23.3 Å². The summed E-state index contributed by atoms with van der Waals surface area (Å²) in [7, 11) is 0. The van der Waals surface area contributed by atoms with Crippen LogP contribution in [0.5, 0.6) is 5.75 Å². The maximum absolute atomic E-state index is 12.7. The number of nitrogens with zero attached hydrogens (tertiary/aromatic N) is 2. The van der Waals surface area contributed by atoms with E-state index < -0.39 is 23.9 Å². The molecule has 36 heavy (non-hydrogen) atoms. The number of carbonyl (C=O) groups is 3. The van der Waals surface area contributed by atoms with Crippen LogP contribution >= 0.6 is 0 Å². The van der Waals surface area contributed by atoms with Crippen molar-refractivity contribution >= 4 is 40.6 Å². The zero-order valence-electron chi connectivity index (χ0n) is 20.2. The lowest BCUT2D eigenvalue weighted by atomic mass is 10.1. The van der Waals surface area contributed by atoms with Gasteiger partial charge < -0.3 is 36.0 Å². The Labute approximate surface area is 207 Å². The largest absolute Gasteiger partial charge is 0.493 e. The number of fused-ring (bicyclic) bond motifs is 1. The zero-order valence-corrected chi connectivity index (χ0v) is 20.2. The summed E-state index contributed by atoms with van der Waals surface area (Å²) < 4.78 is 15.7. The number of hydrogen-bond acceptors (Lipinski definition) is 10. The number of carbonyl (C=O) groups excluding carboxylic acids is 3. The smallest absolute Gasteiger partial charge is 0.328 e. The molecule has 0 radical (unpaired) electrons. The highest BCUT2D eigenvalue weighted by molar-refractivity contribution is 5.97. The first kappa shape index (κ1) is 26.3. The number of hydrogen-bond donors (Lipinski definition) is 4. The first-order chi connectivity index (χ1) is 17.3. The van der Waals surface area contributed by atoms with Gasteiger partial charge >= 0.3 is 11.9 Å². The number of esters is 2. The Morgan fingerprint density at radius 2 is 1.78 bits per heavy atom. The van der Waals surface area contributed by atoms with E-state index in [1.807, 2.05) is 0 Å². The van der Waals surface area contributed by atoms with Gasteiger partial charge in [-0.1, -0.05) is 0 Å². The van der Waals surface area contributed by atoms with Crippen LogP contribution in [0.1, 0.15) is 42.6 Å². The Hall–Kier alpha value is -4.35. The first-order valence-corrected chi connectivity index (χ1v) is 11.6. The Balaban J connectivity index is 1.56. The summed E-state index contributed by atoms with van der Waals surface area (Å²) >= 11 is 0. The topological polar surface area (TPSA) is 185 Å². The summed E-state index contributed by atoms with van der Waals surface area (Å²) in [5.74, 6) is -0.578. The van der Waals surface area contributed by atoms with Crippen LogP contribution in [0.3, 0.4) is 0 Å². The molecule has 0 aliphatic heterocycles. The van der Waals surface area contributed by atoms with Gasteiger partial charge in [0.2, 0.25) is 5.95 Å². The van der Waals surface area contributed by atoms with Crippen LogP contribution in [0.25, 0.3) is 11.0 Å². The molecule has 2 aromatic heterocycles. The van der Waals surface area contributed by atoms with Gasteiger partial charge in [-0.2, -0.15) is 9.97 Å². The number of nitrogen functional groups attached to an aromatic ring is 2. The van der Waals surface area contributed by atoms with Gasteiger partial charge in [-0.25, -0.2) is 4.79 Å². The molecule has 3 aromatic rings. The third-order valence-corrected chi connectivity index (χ3v) is 5.23. The lowest BCUT2D eigenvalue weighted by Crippen LogP contribution is -2.42. The standard InChI is InChI=1S/C24H30N6O6/c1-3-34-18(31)10-9-17(23(33)35-4-2)28-22(32)14-5-7-16(8-6-14)36-12-11-15-13-27-21-19(15)20(25)29-24(26)30-21/h5-8,13,17H,3-4,9-12H2,1-2H3,(H,28,32)(H5,25,26,27,29,30)/t17-/m0/s1. The second-order valence-corrected chi connectivity index (χ2v) is 7.75. The van der Waals surface area contributed by atoms with Crippen LogP contribution in [0.4, 0.5) is 11.8 Å². The molecule has 2 heterocycles. The third-order valence-electron chi connectivity index (χ3n) is 5.23. The van der Waals surface area contributed by atoms with Crippen LogP contribution in [0, 0.1) is 0 Å². The van der Waals surface area contributed by atoms with Crippen molar-refractivity contribution in [3.8, 4) is 5.75 Å². The Bertz CT molecular complexity index is 1210. The molecule has 0 saturated carbocycles. The number of anilines is 2. The number of rotatable bonds is 12. The van der Waals surface area contributed by atoms with Crippen LogP contribution in [-0.4, -0.2) is 58.7 Å². The molecule has 0 bridgehead atoms. The maximum atomic E-state index is 12.7. The van der Waals surface area contributed by atoms with Gasteiger partial charge in [0.05, 0.1) is 25.2 Å². The zero-order chi connectivity index (χ0) is 26.1. The van der Waals surface area contributed by atoms with Gasteiger partial charge in [-0.05, 0) is 50.1 Å². The average molecular weight is 499 g/mol. The molecular weight excluding hydrogens is 468 g/mol. The molecule has 0 spiro atoms. The van der Waals surface area contributed by atoms with Gasteiger partial charge in [0, 0.05) is 24.6 Å². The lowest BCUT2D eigenvalue weighted by molar-refractivity contribution is -0.146. The second kappa shape index (κ2) is 12.4. The quantitative estimate of drug-likeness (QED) is 0.268. The van der Waals surface area contributed by atoms with Crippen LogP contribution < -0.4 is 21.5 Å². The number of aromatic amines is 1. The summed E-state index contributed by atoms with van der Waals surface area (Å²) in [5.41, 5.74) is 13.4. The van der Waals surface area contributed by atoms with Crippen LogP contribution in [0.2, 0.25) is 0 Å². The fourth-order valence-corrected chi connectivity index (χ4v) is 3.55. The predicted octanol–water partition coefficient (Wildman–Crippen LogP) is 1.75. The highest BCUT2D eigenvalue weighted by Crippen LogP contribution is 2.23. The molecular formula is C24H30N6O6. The van der Waals surface area contributed by atoms with Gasteiger partial charge in [0.25, 0.3) is 5.91 Å². The van der Waals surface area contributed by atoms with Crippen molar-refractivity contribution in [1.29, 1.82) is 0 Å². The molecule has 1 atom stereocenters. The van der Waals surface area contributed by atoms with Gasteiger partial charge in [-0.3, -0.25) is 9.59 Å². The van der Waals surface area contributed by atoms with E-state index in [-0.39, 0.29) is 32.0 Å². The van der Waals surface area contributed by atoms with E-state index >= 15 is 0 Å². The number of aromatic nitrogens is 3. The highest BCUT2D eigenvalue weighted by Gasteiger charge is 2.24. The van der Waals surface area contributed by atoms with E-state index in [1.165, 1.54) is 0 Å². The van der Waals surface area contributed by atoms with Gasteiger partial charge in [0.15, 0.2) is 0 Å². The van der Waals surface area contributed by atoms with E-state index in [4.69, 9.17) is 25.7 Å². The molecule has 0 saturated heterocycles. The summed E-state index contributed by atoms with van der Waals surface area (Å²) in [5, 5.41) is 3.33. The van der Waals surface area contributed by atoms with Crippen molar-refractivity contribution in [2.75, 3.05) is 31.3 Å². The number of nitrogens with one attached hydrogen (secondary N) is 2. The minimum atomic E-state index is -0.972. The molecule has 0 aliphatic rings. The fourth-order valence-electron chi connectivity index (χ4n) is 3.55. The summed E-state index contributed by atoms with van der Waals surface area (Å²) in [6, 6.07) is 5.50. The number of H-pyrrole nitrogens is 1. The Morgan fingerprint density at radius 1 is 1.06 bits per heavy atom.